The van der Waals surface area contributed by atoms with Crippen LogP contribution in [0.3, 0.4) is 0 Å². The van der Waals surface area contributed by atoms with E-state index in [1.165, 1.54) is 0 Å². The second-order valence-corrected chi connectivity index (χ2v) is 11.2. The number of hydrogen-bond acceptors (Lipinski definition) is 21. The molecule has 268 valence electrons. The molecule has 14 N–H and O–H groups in total. The normalized spacial score (nSPS) is 51.9. The molecule has 4 aliphatic rings. The number of aliphatic hydroxyl groups excluding tert-OH is 13. The van der Waals surface area contributed by atoms with Crippen molar-refractivity contribution >= 4 is 5.97 Å². The van der Waals surface area contributed by atoms with Crippen molar-refractivity contribution in [1.82, 2.24) is 0 Å². The molecule has 22 heteroatoms. The molecule has 0 aliphatic carbocycles. The Bertz CT molecular complexity index is 990. The summed E-state index contributed by atoms with van der Waals surface area (Å²) in [6.45, 7) is -2.68. The maximum atomic E-state index is 11.8. The second kappa shape index (κ2) is 15.5. The molecule has 22 nitrogen and oxygen atoms in total. The summed E-state index contributed by atoms with van der Waals surface area (Å²) in [6.07, 6.45) is -39.3. The number of carboxylic acids is 1. The van der Waals surface area contributed by atoms with Crippen molar-refractivity contribution in [3.8, 4) is 0 Å². The number of aliphatic carboxylic acids is 1. The molecule has 4 aliphatic heterocycles. The predicted octanol–water partition coefficient (Wildman–Crippen LogP) is -9.66. The SMILES string of the molecule is O=C(O)[C@H]1O[C@@H](O[C@@H]2[C@@H](O[C@@H]3[C@@H](O)[C@H](O)O[C@H](CO)[C@@H]3O)O[C@H](CO)[C@@H](O)[C@@H]2O)[C@H](O[C@@H]2O[C@H](CO)[C@@H](O)[C@H](O)[C@H]2O)[C@@H](O)[C@@H]1O. The molecule has 0 aromatic carbocycles. The van der Waals surface area contributed by atoms with E-state index in [0.717, 1.165) is 0 Å². The van der Waals surface area contributed by atoms with E-state index in [-0.39, 0.29) is 0 Å². The van der Waals surface area contributed by atoms with Crippen LogP contribution in [0.15, 0.2) is 0 Å². The number of carboxylic acid groups (broad SMARTS) is 1. The van der Waals surface area contributed by atoms with Crippen molar-refractivity contribution in [3.63, 3.8) is 0 Å². The molecule has 0 bridgehead atoms. The number of rotatable bonds is 10. The summed E-state index contributed by atoms with van der Waals surface area (Å²) < 4.78 is 37.6. The zero-order valence-corrected chi connectivity index (χ0v) is 23.7. The van der Waals surface area contributed by atoms with Gasteiger partial charge < -0.3 is 105 Å². The summed E-state index contributed by atoms with van der Waals surface area (Å²) in [4.78, 5) is 11.8. The third-order valence-corrected chi connectivity index (χ3v) is 8.18. The smallest absolute Gasteiger partial charge is 0.335 e. The first kappa shape index (κ1) is 37.5. The van der Waals surface area contributed by atoms with Crippen molar-refractivity contribution in [2.24, 2.45) is 0 Å². The van der Waals surface area contributed by atoms with Gasteiger partial charge in [0, 0.05) is 0 Å². The fraction of sp³-hybridized carbons (Fsp3) is 0.958. The van der Waals surface area contributed by atoms with E-state index in [4.69, 9.17) is 33.2 Å². The highest BCUT2D eigenvalue weighted by atomic mass is 16.8. The van der Waals surface area contributed by atoms with Crippen LogP contribution in [-0.2, 0) is 38.0 Å². The van der Waals surface area contributed by atoms with Crippen LogP contribution in [-0.4, -0.2) is 220 Å². The topological polar surface area (TPSA) is 365 Å². The minimum absolute atomic E-state index is 0.861. The summed E-state index contributed by atoms with van der Waals surface area (Å²) in [5.74, 6) is -1.82. The van der Waals surface area contributed by atoms with Gasteiger partial charge in [-0.05, 0) is 0 Å². The average molecular weight is 681 g/mol. The van der Waals surface area contributed by atoms with Crippen LogP contribution in [0, 0.1) is 0 Å². The molecule has 4 fully saturated rings. The van der Waals surface area contributed by atoms with Crippen LogP contribution in [0.2, 0.25) is 0 Å². The van der Waals surface area contributed by atoms with Gasteiger partial charge in [0.05, 0.1) is 19.8 Å². The standard InChI is InChI=1S/C24H40O22/c25-1-4-7(28)10(31)14(35)22(41-4)45-19-13(34)12(33)17(20(37)38)44-24(19)46-18-11(32)8(29)5(2-26)42-23(18)43-16-9(30)6(3-27)40-21(39)15(16)36/h4-19,21-36,39H,1-3H2,(H,37,38)/t4-,5-,6-,7-,8-,9+,10+,11+,12+,13+,14-,15-,16+,17+,18+,19-,21-,22+,23-,24+/m1/s1. The summed E-state index contributed by atoms with van der Waals surface area (Å²) in [5, 5.41) is 143. The Labute approximate surface area is 258 Å². The molecule has 0 unspecified atom stereocenters. The molecule has 46 heavy (non-hydrogen) atoms. The number of carbonyl (C=O) groups is 1. The largest absolute Gasteiger partial charge is 0.479 e. The summed E-state index contributed by atoms with van der Waals surface area (Å²) >= 11 is 0. The lowest BCUT2D eigenvalue weighted by atomic mass is 9.95. The maximum Gasteiger partial charge on any atom is 0.335 e. The third kappa shape index (κ3) is 7.31. The first-order valence-corrected chi connectivity index (χ1v) is 14.1. The van der Waals surface area contributed by atoms with Crippen LogP contribution >= 0.6 is 0 Å². The van der Waals surface area contributed by atoms with Crippen LogP contribution in [0.1, 0.15) is 0 Å². The van der Waals surface area contributed by atoms with Gasteiger partial charge >= 0.3 is 5.97 Å². The fourth-order valence-corrected chi connectivity index (χ4v) is 5.48. The van der Waals surface area contributed by atoms with Crippen LogP contribution in [0.5, 0.6) is 0 Å². The van der Waals surface area contributed by atoms with Gasteiger partial charge in [-0.2, -0.15) is 0 Å². The van der Waals surface area contributed by atoms with Gasteiger partial charge in [0.15, 0.2) is 31.3 Å². The third-order valence-electron chi connectivity index (χ3n) is 8.18. The molecule has 4 heterocycles. The Balaban J connectivity index is 1.65. The fourth-order valence-electron chi connectivity index (χ4n) is 5.48. The van der Waals surface area contributed by atoms with E-state index in [0.29, 0.717) is 0 Å². The molecular weight excluding hydrogens is 640 g/mol. The Kier molecular flexibility index (Phi) is 12.6. The second-order valence-electron chi connectivity index (χ2n) is 11.2. The number of aliphatic hydroxyl groups is 13. The zero-order chi connectivity index (χ0) is 34.2. The Morgan fingerprint density at radius 3 is 1.43 bits per heavy atom. The molecule has 20 atom stereocenters. The molecule has 0 amide bonds. The Morgan fingerprint density at radius 2 is 0.891 bits per heavy atom. The van der Waals surface area contributed by atoms with Gasteiger partial charge in [0.2, 0.25) is 0 Å². The zero-order valence-electron chi connectivity index (χ0n) is 23.7. The minimum atomic E-state index is -2.25. The Morgan fingerprint density at radius 1 is 0.457 bits per heavy atom. The minimum Gasteiger partial charge on any atom is -0.479 e. The van der Waals surface area contributed by atoms with Gasteiger partial charge in [-0.3, -0.25) is 0 Å². The lowest BCUT2D eigenvalue weighted by Gasteiger charge is -2.49. The first-order valence-electron chi connectivity index (χ1n) is 14.1. The van der Waals surface area contributed by atoms with Gasteiger partial charge in [-0.1, -0.05) is 0 Å². The molecule has 0 radical (unpaired) electrons. The summed E-state index contributed by atoms with van der Waals surface area (Å²) in [7, 11) is 0. The molecule has 4 saturated heterocycles. The highest BCUT2D eigenvalue weighted by Crippen LogP contribution is 2.35. The first-order chi connectivity index (χ1) is 21.7. The lowest BCUT2D eigenvalue weighted by Crippen LogP contribution is -2.68. The van der Waals surface area contributed by atoms with Crippen LogP contribution in [0.25, 0.3) is 0 Å². The van der Waals surface area contributed by atoms with E-state index in [1.54, 1.807) is 0 Å². The highest BCUT2D eigenvalue weighted by molar-refractivity contribution is 5.73. The van der Waals surface area contributed by atoms with Gasteiger partial charge in [-0.25, -0.2) is 4.79 Å². The van der Waals surface area contributed by atoms with Crippen LogP contribution in [0.4, 0.5) is 0 Å². The van der Waals surface area contributed by atoms with Crippen LogP contribution < -0.4 is 0 Å². The van der Waals surface area contributed by atoms with Crippen molar-refractivity contribution in [1.29, 1.82) is 0 Å². The quantitative estimate of drug-likeness (QED) is 0.102. The van der Waals surface area contributed by atoms with Gasteiger partial charge in [0.25, 0.3) is 0 Å². The maximum absolute atomic E-state index is 11.8. The molecule has 0 spiro atoms. The highest BCUT2D eigenvalue weighted by Gasteiger charge is 2.56. The van der Waals surface area contributed by atoms with E-state index in [9.17, 15) is 76.3 Å². The van der Waals surface area contributed by atoms with Gasteiger partial charge in [0.1, 0.15) is 91.6 Å². The number of ether oxygens (including phenoxy) is 7. The number of hydrogen-bond donors (Lipinski definition) is 14. The molecule has 0 aromatic rings. The molecular formula is C24H40O22. The Hall–Kier alpha value is -1.33. The molecule has 4 rings (SSSR count). The average Bonchev–Trinajstić information content (AvgIpc) is 3.03. The monoisotopic (exact) mass is 680 g/mol. The van der Waals surface area contributed by atoms with Crippen molar-refractivity contribution < 1.29 is 109 Å². The van der Waals surface area contributed by atoms with Crippen molar-refractivity contribution in [2.45, 2.75) is 123 Å². The van der Waals surface area contributed by atoms with E-state index in [1.807, 2.05) is 0 Å². The van der Waals surface area contributed by atoms with Gasteiger partial charge in [-0.15, -0.1) is 0 Å². The van der Waals surface area contributed by atoms with Crippen molar-refractivity contribution in [3.05, 3.63) is 0 Å². The van der Waals surface area contributed by atoms with E-state index in [2.05, 4.69) is 0 Å². The lowest BCUT2D eigenvalue weighted by molar-refractivity contribution is -0.400. The van der Waals surface area contributed by atoms with E-state index >= 15 is 0 Å². The molecule has 0 saturated carbocycles. The summed E-state index contributed by atoms with van der Waals surface area (Å²) in [5.41, 5.74) is 0. The molecule has 0 aromatic heterocycles. The summed E-state index contributed by atoms with van der Waals surface area (Å²) in [6, 6.07) is 0. The predicted molar refractivity (Wildman–Crippen MR) is 134 cm³/mol. The van der Waals surface area contributed by atoms with Crippen molar-refractivity contribution in [2.75, 3.05) is 19.8 Å². The van der Waals surface area contributed by atoms with E-state index < -0.39 is 149 Å².